The molecule has 1 aromatic rings. The molecule has 0 N–H and O–H groups in total. The number of carbonyl (C=O) groups is 1. The number of ether oxygens (including phenoxy) is 1. The minimum Gasteiger partial charge on any atom is -0.378 e. The number of piperidine rings is 1. The van der Waals surface area contributed by atoms with Crippen molar-refractivity contribution in [1.29, 1.82) is 5.26 Å². The van der Waals surface area contributed by atoms with Crippen molar-refractivity contribution < 1.29 is 18.3 Å². The minimum absolute atomic E-state index is 0.0186. The van der Waals surface area contributed by atoms with Gasteiger partial charge in [-0.05, 0) is 32.0 Å². The molecule has 0 aliphatic carbocycles. The second kappa shape index (κ2) is 5.75. The topological polar surface area (TPSA) is 53.3 Å². The number of hydrogen-bond donors (Lipinski definition) is 0. The molecule has 0 saturated carbocycles. The van der Waals surface area contributed by atoms with Gasteiger partial charge in [-0.25, -0.2) is 8.78 Å². The van der Waals surface area contributed by atoms with Crippen LogP contribution in [0.2, 0.25) is 0 Å². The van der Waals surface area contributed by atoms with Crippen LogP contribution in [0.4, 0.5) is 8.78 Å². The standard InChI is InChI=1S/C16H16F2N2O2/c1-20-11-2-9(3-12(20)8-22-7-11)16(21)13-5-15(18)14(17)4-10(13)6-19/h4-5,9,11-12H,2-3,7-8H2,1H3. The fourth-order valence-electron chi connectivity index (χ4n) is 3.37. The lowest BCUT2D eigenvalue weighted by molar-refractivity contribution is -0.0702. The van der Waals surface area contributed by atoms with Crippen molar-refractivity contribution in [2.45, 2.75) is 24.9 Å². The van der Waals surface area contributed by atoms with Crippen molar-refractivity contribution in [3.8, 4) is 6.07 Å². The van der Waals surface area contributed by atoms with Crippen LogP contribution >= 0.6 is 0 Å². The monoisotopic (exact) mass is 306 g/mol. The van der Waals surface area contributed by atoms with Gasteiger partial charge in [-0.2, -0.15) is 5.26 Å². The third kappa shape index (κ3) is 2.51. The molecule has 0 radical (unpaired) electrons. The zero-order chi connectivity index (χ0) is 15.9. The zero-order valence-corrected chi connectivity index (χ0v) is 12.2. The van der Waals surface area contributed by atoms with Crippen molar-refractivity contribution in [3.05, 3.63) is 34.9 Å². The van der Waals surface area contributed by atoms with E-state index in [2.05, 4.69) is 4.90 Å². The van der Waals surface area contributed by atoms with Gasteiger partial charge in [0.1, 0.15) is 0 Å². The van der Waals surface area contributed by atoms with Crippen LogP contribution in [0.3, 0.4) is 0 Å². The van der Waals surface area contributed by atoms with Crippen LogP contribution in [0, 0.1) is 28.9 Å². The third-order valence-electron chi connectivity index (χ3n) is 4.70. The van der Waals surface area contributed by atoms with Gasteiger partial charge in [-0.3, -0.25) is 9.69 Å². The van der Waals surface area contributed by atoms with E-state index in [4.69, 9.17) is 10.00 Å². The predicted octanol–water partition coefficient (Wildman–Crippen LogP) is 2.13. The highest BCUT2D eigenvalue weighted by Crippen LogP contribution is 2.33. The SMILES string of the molecule is CN1C2COCC1CC(C(=O)c1cc(F)c(F)cc1C#N)C2. The summed E-state index contributed by atoms with van der Waals surface area (Å²) in [5.41, 5.74) is -0.126. The maximum absolute atomic E-state index is 13.5. The van der Waals surface area contributed by atoms with Crippen LogP contribution < -0.4 is 0 Å². The Morgan fingerprint density at radius 2 is 1.86 bits per heavy atom. The number of ketones is 1. The number of morpholine rings is 1. The predicted molar refractivity (Wildman–Crippen MR) is 74.3 cm³/mol. The smallest absolute Gasteiger partial charge is 0.167 e. The van der Waals surface area contributed by atoms with Gasteiger partial charge in [0, 0.05) is 23.6 Å². The summed E-state index contributed by atoms with van der Waals surface area (Å²) in [7, 11) is 2.01. The molecule has 6 heteroatoms. The molecule has 4 nitrogen and oxygen atoms in total. The van der Waals surface area contributed by atoms with E-state index in [1.807, 2.05) is 7.05 Å². The summed E-state index contributed by atoms with van der Waals surface area (Å²) < 4.78 is 32.2. The second-order valence-electron chi connectivity index (χ2n) is 5.97. The van der Waals surface area contributed by atoms with E-state index >= 15 is 0 Å². The molecule has 22 heavy (non-hydrogen) atoms. The number of rotatable bonds is 2. The number of likely N-dealkylation sites (N-methyl/N-ethyl adjacent to an activating group) is 1. The molecule has 116 valence electrons. The summed E-state index contributed by atoms with van der Waals surface area (Å²) in [5, 5.41) is 9.06. The molecule has 2 atom stereocenters. The van der Waals surface area contributed by atoms with Crippen LogP contribution in [0.15, 0.2) is 12.1 Å². The van der Waals surface area contributed by atoms with Crippen LogP contribution in [0.5, 0.6) is 0 Å². The molecule has 1 aromatic carbocycles. The van der Waals surface area contributed by atoms with Crippen LogP contribution in [-0.4, -0.2) is 43.0 Å². The molecule has 0 aromatic heterocycles. The van der Waals surface area contributed by atoms with E-state index in [-0.39, 0.29) is 34.9 Å². The lowest BCUT2D eigenvalue weighted by Crippen LogP contribution is -2.55. The Balaban J connectivity index is 1.89. The Labute approximate surface area is 127 Å². The Bertz CT molecular complexity index is 642. The Morgan fingerprint density at radius 1 is 1.27 bits per heavy atom. The fourth-order valence-corrected chi connectivity index (χ4v) is 3.37. The van der Waals surface area contributed by atoms with Crippen LogP contribution in [0.1, 0.15) is 28.8 Å². The highest BCUT2D eigenvalue weighted by molar-refractivity contribution is 6.00. The Hall–Kier alpha value is -1.84. The summed E-state index contributed by atoms with van der Waals surface area (Å²) in [6.45, 7) is 1.14. The van der Waals surface area contributed by atoms with Crippen LogP contribution in [0.25, 0.3) is 0 Å². The number of nitriles is 1. The van der Waals surface area contributed by atoms with Crippen molar-refractivity contribution in [2.75, 3.05) is 20.3 Å². The highest BCUT2D eigenvalue weighted by Gasteiger charge is 2.40. The molecule has 2 fully saturated rings. The number of fused-ring (bicyclic) bond motifs is 2. The molecule has 3 rings (SSSR count). The molecule has 2 aliphatic heterocycles. The van der Waals surface area contributed by atoms with Crippen molar-refractivity contribution in [2.24, 2.45) is 5.92 Å². The molecular weight excluding hydrogens is 290 g/mol. The van der Waals surface area contributed by atoms with Gasteiger partial charge >= 0.3 is 0 Å². The van der Waals surface area contributed by atoms with Crippen LogP contribution in [-0.2, 0) is 4.74 Å². The molecule has 2 heterocycles. The van der Waals surface area contributed by atoms with Crippen molar-refractivity contribution in [3.63, 3.8) is 0 Å². The lowest BCUT2D eigenvalue weighted by Gasteiger charge is -2.46. The number of Topliss-reactive ketones (excluding diaryl/α,β-unsaturated/α-hetero) is 1. The first-order valence-electron chi connectivity index (χ1n) is 7.24. The molecule has 2 saturated heterocycles. The van der Waals surface area contributed by atoms with Crippen molar-refractivity contribution in [1.82, 2.24) is 4.90 Å². The molecular formula is C16H16F2N2O2. The number of carbonyl (C=O) groups excluding carboxylic acids is 1. The maximum atomic E-state index is 13.5. The highest BCUT2D eigenvalue weighted by atomic mass is 19.2. The quantitative estimate of drug-likeness (QED) is 0.786. The van der Waals surface area contributed by atoms with E-state index < -0.39 is 11.6 Å². The fraction of sp³-hybridized carbons (Fsp3) is 0.500. The molecule has 2 unspecified atom stereocenters. The van der Waals surface area contributed by atoms with E-state index in [1.54, 1.807) is 6.07 Å². The van der Waals surface area contributed by atoms with Gasteiger partial charge in [-0.1, -0.05) is 0 Å². The zero-order valence-electron chi connectivity index (χ0n) is 12.2. The molecule has 0 amide bonds. The molecule has 2 aliphatic rings. The Morgan fingerprint density at radius 3 is 2.45 bits per heavy atom. The third-order valence-corrected chi connectivity index (χ3v) is 4.70. The maximum Gasteiger partial charge on any atom is 0.167 e. The average molecular weight is 306 g/mol. The van der Waals surface area contributed by atoms with Gasteiger partial charge in [-0.15, -0.1) is 0 Å². The van der Waals surface area contributed by atoms with E-state index in [0.29, 0.717) is 26.1 Å². The van der Waals surface area contributed by atoms with E-state index in [9.17, 15) is 13.6 Å². The van der Waals surface area contributed by atoms with Crippen molar-refractivity contribution >= 4 is 5.78 Å². The summed E-state index contributed by atoms with van der Waals surface area (Å²) in [4.78, 5) is 14.9. The number of halogens is 2. The van der Waals surface area contributed by atoms with Gasteiger partial charge in [0.15, 0.2) is 17.4 Å². The molecule has 2 bridgehead atoms. The summed E-state index contributed by atoms with van der Waals surface area (Å²) in [6.07, 6.45) is 1.21. The summed E-state index contributed by atoms with van der Waals surface area (Å²) >= 11 is 0. The first-order chi connectivity index (χ1) is 10.5. The normalized spacial score (nSPS) is 28.2. The van der Waals surface area contributed by atoms with Gasteiger partial charge in [0.05, 0.1) is 24.8 Å². The second-order valence-corrected chi connectivity index (χ2v) is 5.97. The summed E-state index contributed by atoms with van der Waals surface area (Å²) in [6, 6.07) is 3.72. The lowest BCUT2D eigenvalue weighted by atomic mass is 9.80. The number of hydrogen-bond acceptors (Lipinski definition) is 4. The van der Waals surface area contributed by atoms with Gasteiger partial charge in [0.25, 0.3) is 0 Å². The first-order valence-corrected chi connectivity index (χ1v) is 7.24. The van der Waals surface area contributed by atoms with E-state index in [0.717, 1.165) is 12.1 Å². The van der Waals surface area contributed by atoms with E-state index in [1.165, 1.54) is 0 Å². The Kier molecular flexibility index (Phi) is 3.94. The van der Waals surface area contributed by atoms with Gasteiger partial charge < -0.3 is 4.74 Å². The first kappa shape index (κ1) is 15.1. The summed E-state index contributed by atoms with van der Waals surface area (Å²) in [5.74, 6) is -2.77. The van der Waals surface area contributed by atoms with Gasteiger partial charge in [0.2, 0.25) is 0 Å². The average Bonchev–Trinajstić information content (AvgIpc) is 2.48. The number of benzene rings is 1. The number of nitrogens with zero attached hydrogens (tertiary/aromatic N) is 2. The largest absolute Gasteiger partial charge is 0.378 e. The minimum atomic E-state index is -1.11. The molecule has 0 spiro atoms.